The molecule has 1 saturated heterocycles. The average Bonchev–Trinajstić information content (AvgIpc) is 3.32. The van der Waals surface area contributed by atoms with Crippen LogP contribution in [0.25, 0.3) is 0 Å². The van der Waals surface area contributed by atoms with Gasteiger partial charge in [-0.1, -0.05) is 12.8 Å². The highest BCUT2D eigenvalue weighted by molar-refractivity contribution is 6.07. The number of ether oxygens (including phenoxy) is 3. The summed E-state index contributed by atoms with van der Waals surface area (Å²) in [5, 5.41) is 5.79. The van der Waals surface area contributed by atoms with Gasteiger partial charge in [-0.15, -0.1) is 0 Å². The van der Waals surface area contributed by atoms with Crippen molar-refractivity contribution in [3.8, 4) is 17.2 Å². The largest absolute Gasteiger partial charge is 0.493 e. The summed E-state index contributed by atoms with van der Waals surface area (Å²) in [7, 11) is 4.61. The second-order valence-corrected chi connectivity index (χ2v) is 8.03. The van der Waals surface area contributed by atoms with E-state index in [1.807, 2.05) is 6.92 Å². The molecule has 1 aromatic carbocycles. The summed E-state index contributed by atoms with van der Waals surface area (Å²) in [6, 6.07) is 2.94. The zero-order valence-electron chi connectivity index (χ0n) is 18.6. The zero-order chi connectivity index (χ0) is 22.6. The number of carbonyl (C=O) groups excluding carboxylic acids is 3. The number of methoxy groups -OCH3 is 3. The Bertz CT molecular complexity index is 825. The molecule has 1 heterocycles. The number of imide groups is 1. The van der Waals surface area contributed by atoms with E-state index in [9.17, 15) is 14.4 Å². The standard InChI is InChI=1S/C22H31N3O6/c1-14(15-12-16(29-2)19(31-4)17(13-15)30-3)23-18(26)8-7-11-25-20(27)22(24-21(25)28)9-5-6-10-22/h12-14H,5-11H2,1-4H3,(H,23,26)(H,24,28). The first kappa shape index (κ1) is 22.7. The molecule has 0 radical (unpaired) electrons. The van der Waals surface area contributed by atoms with Crippen molar-refractivity contribution in [2.75, 3.05) is 27.9 Å². The van der Waals surface area contributed by atoms with Crippen LogP contribution in [0.2, 0.25) is 0 Å². The quantitative estimate of drug-likeness (QED) is 0.580. The van der Waals surface area contributed by atoms with Crippen molar-refractivity contribution < 1.29 is 28.6 Å². The van der Waals surface area contributed by atoms with Crippen LogP contribution >= 0.6 is 0 Å². The molecule has 1 spiro atoms. The molecular weight excluding hydrogens is 402 g/mol. The highest BCUT2D eigenvalue weighted by atomic mass is 16.5. The Morgan fingerprint density at radius 1 is 1.13 bits per heavy atom. The third-order valence-corrected chi connectivity index (χ3v) is 6.05. The summed E-state index contributed by atoms with van der Waals surface area (Å²) in [5.41, 5.74) is 0.0977. The molecule has 1 aromatic rings. The minimum Gasteiger partial charge on any atom is -0.493 e. The van der Waals surface area contributed by atoms with Crippen LogP contribution in [-0.4, -0.2) is 56.2 Å². The maximum atomic E-state index is 12.7. The second kappa shape index (κ2) is 9.45. The summed E-state index contributed by atoms with van der Waals surface area (Å²) in [6.07, 6.45) is 3.89. The third kappa shape index (κ3) is 4.55. The summed E-state index contributed by atoms with van der Waals surface area (Å²) >= 11 is 0. The van der Waals surface area contributed by atoms with Crippen molar-refractivity contribution in [2.45, 2.75) is 57.0 Å². The van der Waals surface area contributed by atoms with Crippen molar-refractivity contribution in [3.63, 3.8) is 0 Å². The van der Waals surface area contributed by atoms with Crippen LogP contribution in [0, 0.1) is 0 Å². The fourth-order valence-corrected chi connectivity index (χ4v) is 4.34. The molecule has 2 fully saturated rings. The molecule has 170 valence electrons. The Hall–Kier alpha value is -2.97. The van der Waals surface area contributed by atoms with E-state index in [4.69, 9.17) is 14.2 Å². The van der Waals surface area contributed by atoms with Gasteiger partial charge in [-0.3, -0.25) is 14.5 Å². The molecule has 2 aliphatic rings. The van der Waals surface area contributed by atoms with E-state index in [2.05, 4.69) is 10.6 Å². The van der Waals surface area contributed by atoms with Crippen LogP contribution in [0.4, 0.5) is 4.79 Å². The molecule has 9 nitrogen and oxygen atoms in total. The second-order valence-electron chi connectivity index (χ2n) is 8.03. The molecule has 0 bridgehead atoms. The van der Waals surface area contributed by atoms with Crippen LogP contribution in [0.3, 0.4) is 0 Å². The molecule has 1 atom stereocenters. The topological polar surface area (TPSA) is 106 Å². The summed E-state index contributed by atoms with van der Waals surface area (Å²) < 4.78 is 16.1. The van der Waals surface area contributed by atoms with Gasteiger partial charge in [0.25, 0.3) is 5.91 Å². The average molecular weight is 434 g/mol. The lowest BCUT2D eigenvalue weighted by molar-refractivity contribution is -0.131. The molecule has 1 unspecified atom stereocenters. The monoisotopic (exact) mass is 433 g/mol. The molecule has 1 aliphatic carbocycles. The summed E-state index contributed by atoms with van der Waals surface area (Å²) in [4.78, 5) is 38.6. The van der Waals surface area contributed by atoms with Gasteiger partial charge in [0.05, 0.1) is 27.4 Å². The lowest BCUT2D eigenvalue weighted by atomic mass is 9.98. The summed E-state index contributed by atoms with van der Waals surface area (Å²) in [5.74, 6) is 1.20. The third-order valence-electron chi connectivity index (χ3n) is 6.05. The van der Waals surface area contributed by atoms with Crippen LogP contribution in [0.15, 0.2) is 12.1 Å². The predicted molar refractivity (Wildman–Crippen MR) is 113 cm³/mol. The van der Waals surface area contributed by atoms with Crippen molar-refractivity contribution in [1.82, 2.24) is 15.5 Å². The first-order valence-electron chi connectivity index (χ1n) is 10.6. The number of nitrogens with one attached hydrogen (secondary N) is 2. The molecule has 4 amide bonds. The van der Waals surface area contributed by atoms with E-state index in [1.165, 1.54) is 26.2 Å². The lowest BCUT2D eigenvalue weighted by Gasteiger charge is -2.20. The van der Waals surface area contributed by atoms with Gasteiger partial charge in [0.15, 0.2) is 11.5 Å². The number of benzene rings is 1. The predicted octanol–water partition coefficient (Wildman–Crippen LogP) is 2.53. The van der Waals surface area contributed by atoms with E-state index in [1.54, 1.807) is 12.1 Å². The number of rotatable bonds is 9. The number of amides is 4. The zero-order valence-corrected chi connectivity index (χ0v) is 18.6. The summed E-state index contributed by atoms with van der Waals surface area (Å²) in [6.45, 7) is 2.10. The van der Waals surface area contributed by atoms with Crippen molar-refractivity contribution >= 4 is 17.8 Å². The van der Waals surface area contributed by atoms with E-state index in [0.29, 0.717) is 36.5 Å². The number of nitrogens with zero attached hydrogens (tertiary/aromatic N) is 1. The van der Waals surface area contributed by atoms with E-state index >= 15 is 0 Å². The van der Waals surface area contributed by atoms with E-state index in [0.717, 1.165) is 18.4 Å². The van der Waals surface area contributed by atoms with Crippen LogP contribution in [0.1, 0.15) is 57.1 Å². The van der Waals surface area contributed by atoms with Crippen LogP contribution in [0.5, 0.6) is 17.2 Å². The number of carbonyl (C=O) groups is 3. The maximum absolute atomic E-state index is 12.7. The van der Waals surface area contributed by atoms with Gasteiger partial charge in [0.2, 0.25) is 11.7 Å². The van der Waals surface area contributed by atoms with Crippen LogP contribution in [-0.2, 0) is 9.59 Å². The number of urea groups is 1. The van der Waals surface area contributed by atoms with Gasteiger partial charge in [-0.2, -0.15) is 0 Å². The Balaban J connectivity index is 1.54. The van der Waals surface area contributed by atoms with Gasteiger partial charge < -0.3 is 24.8 Å². The SMILES string of the molecule is COc1cc(C(C)NC(=O)CCCN2C(=O)NC3(CCCC3)C2=O)cc(OC)c1OC. The van der Waals surface area contributed by atoms with Gasteiger partial charge >= 0.3 is 6.03 Å². The molecular formula is C22H31N3O6. The molecule has 9 heteroatoms. The number of hydrogen-bond donors (Lipinski definition) is 2. The van der Waals surface area contributed by atoms with E-state index in [-0.39, 0.29) is 36.9 Å². The Labute approximate surface area is 182 Å². The van der Waals surface area contributed by atoms with Gasteiger partial charge in [0, 0.05) is 13.0 Å². The minimum absolute atomic E-state index is 0.152. The number of hydrogen-bond acceptors (Lipinski definition) is 6. The lowest BCUT2D eigenvalue weighted by Crippen LogP contribution is -2.44. The van der Waals surface area contributed by atoms with Crippen molar-refractivity contribution in [1.29, 1.82) is 0 Å². The Morgan fingerprint density at radius 3 is 2.29 bits per heavy atom. The molecule has 2 N–H and O–H groups in total. The molecule has 0 aromatic heterocycles. The van der Waals surface area contributed by atoms with Gasteiger partial charge in [-0.25, -0.2) is 4.79 Å². The van der Waals surface area contributed by atoms with Gasteiger partial charge in [-0.05, 0) is 43.9 Å². The highest BCUT2D eigenvalue weighted by Gasteiger charge is 2.52. The van der Waals surface area contributed by atoms with Crippen molar-refractivity contribution in [3.05, 3.63) is 17.7 Å². The van der Waals surface area contributed by atoms with Gasteiger partial charge in [0.1, 0.15) is 5.54 Å². The Morgan fingerprint density at radius 2 is 1.74 bits per heavy atom. The normalized spacial score (nSPS) is 18.1. The smallest absolute Gasteiger partial charge is 0.325 e. The fourth-order valence-electron chi connectivity index (χ4n) is 4.34. The molecule has 31 heavy (non-hydrogen) atoms. The molecule has 1 saturated carbocycles. The molecule has 1 aliphatic heterocycles. The first-order chi connectivity index (χ1) is 14.8. The molecule has 3 rings (SSSR count). The van der Waals surface area contributed by atoms with Crippen molar-refractivity contribution in [2.24, 2.45) is 0 Å². The fraction of sp³-hybridized carbons (Fsp3) is 0.591. The first-order valence-corrected chi connectivity index (χ1v) is 10.6. The maximum Gasteiger partial charge on any atom is 0.325 e. The van der Waals surface area contributed by atoms with Crippen LogP contribution < -0.4 is 24.8 Å². The minimum atomic E-state index is -0.708. The highest BCUT2D eigenvalue weighted by Crippen LogP contribution is 2.39. The Kier molecular flexibility index (Phi) is 6.92. The van der Waals surface area contributed by atoms with E-state index < -0.39 is 5.54 Å².